The number of nitrogens with one attached hydrogen (secondary N) is 1. The largest absolute Gasteiger partial charge is 0.481 e. The number of pyridine rings is 1. The van der Waals surface area contributed by atoms with Crippen LogP contribution in [0.1, 0.15) is 24.1 Å². The normalized spacial score (nSPS) is 34.1. The molecule has 2 aliphatic rings. The number of methoxy groups -OCH3 is 1. The number of nitrogens with zero attached hydrogens (tertiary/aromatic N) is 1. The molecule has 3 rings (SSSR count). The van der Waals surface area contributed by atoms with Crippen molar-refractivity contribution in [1.29, 1.82) is 0 Å². The van der Waals surface area contributed by atoms with E-state index in [2.05, 4.69) is 10.3 Å². The Hall–Kier alpha value is -1.17. The Morgan fingerprint density at radius 1 is 1.37 bits per heavy atom. The summed E-state index contributed by atoms with van der Waals surface area (Å²) in [5.74, 6) is 0.585. The number of ether oxygens (including phenoxy) is 2. The second kappa shape index (κ2) is 4.74. The average molecular weight is 264 g/mol. The standard InChI is InChI=1S/C14H20N2O3/c1-9-12(3-4-13(15-9)18-2)14(17)5-10-7-19-8-11(6-14)16-10/h3-4,10-11,16-17H,5-8H2,1-2H3. The third kappa shape index (κ3) is 2.33. The van der Waals surface area contributed by atoms with E-state index >= 15 is 0 Å². The Morgan fingerprint density at radius 3 is 2.63 bits per heavy atom. The van der Waals surface area contributed by atoms with E-state index < -0.39 is 5.60 Å². The molecule has 0 spiro atoms. The molecule has 104 valence electrons. The van der Waals surface area contributed by atoms with Gasteiger partial charge in [-0.15, -0.1) is 0 Å². The van der Waals surface area contributed by atoms with Crippen molar-refractivity contribution in [3.05, 3.63) is 23.4 Å². The second-order valence-corrected chi connectivity index (χ2v) is 5.52. The van der Waals surface area contributed by atoms with E-state index in [0.29, 0.717) is 31.9 Å². The molecule has 0 aliphatic carbocycles. The lowest BCUT2D eigenvalue weighted by Gasteiger charge is -2.45. The SMILES string of the molecule is COc1ccc(C2(O)CC3COCC(C2)N3)c(C)n1. The van der Waals surface area contributed by atoms with Crippen molar-refractivity contribution in [2.45, 2.75) is 37.5 Å². The molecular weight excluding hydrogens is 244 g/mol. The number of aliphatic hydroxyl groups is 1. The number of piperidine rings is 1. The van der Waals surface area contributed by atoms with Crippen molar-refractivity contribution >= 4 is 0 Å². The minimum Gasteiger partial charge on any atom is -0.481 e. The van der Waals surface area contributed by atoms with Crippen molar-refractivity contribution in [3.8, 4) is 5.88 Å². The summed E-state index contributed by atoms with van der Waals surface area (Å²) in [5, 5.41) is 14.5. The minimum atomic E-state index is -0.812. The molecule has 0 saturated carbocycles. The van der Waals surface area contributed by atoms with Crippen LogP contribution in [0.15, 0.2) is 12.1 Å². The van der Waals surface area contributed by atoms with Gasteiger partial charge in [0.15, 0.2) is 0 Å². The number of rotatable bonds is 2. The van der Waals surface area contributed by atoms with E-state index in [4.69, 9.17) is 9.47 Å². The fraction of sp³-hybridized carbons (Fsp3) is 0.643. The van der Waals surface area contributed by atoms with Gasteiger partial charge in [0.05, 0.1) is 25.9 Å². The van der Waals surface area contributed by atoms with E-state index in [1.54, 1.807) is 7.11 Å². The average Bonchev–Trinajstić information content (AvgIpc) is 2.37. The third-order valence-electron chi connectivity index (χ3n) is 4.05. The molecule has 3 heterocycles. The zero-order valence-electron chi connectivity index (χ0n) is 11.3. The minimum absolute atomic E-state index is 0.221. The number of fused-ring (bicyclic) bond motifs is 2. The smallest absolute Gasteiger partial charge is 0.213 e. The summed E-state index contributed by atoms with van der Waals surface area (Å²) in [6, 6.07) is 4.19. The maximum atomic E-state index is 11.0. The van der Waals surface area contributed by atoms with Crippen LogP contribution in [0.25, 0.3) is 0 Å². The Labute approximate surface area is 112 Å². The molecule has 2 saturated heterocycles. The number of aromatic nitrogens is 1. The van der Waals surface area contributed by atoms with Crippen molar-refractivity contribution in [2.24, 2.45) is 0 Å². The van der Waals surface area contributed by atoms with E-state index in [0.717, 1.165) is 11.3 Å². The topological polar surface area (TPSA) is 63.6 Å². The molecule has 2 N–H and O–H groups in total. The van der Waals surface area contributed by atoms with Gasteiger partial charge >= 0.3 is 0 Å². The summed E-state index contributed by atoms with van der Waals surface area (Å²) in [7, 11) is 1.60. The number of morpholine rings is 1. The number of aryl methyl sites for hydroxylation is 1. The lowest BCUT2D eigenvalue weighted by Crippen LogP contribution is -2.58. The summed E-state index contributed by atoms with van der Waals surface area (Å²) in [4.78, 5) is 4.37. The summed E-state index contributed by atoms with van der Waals surface area (Å²) < 4.78 is 10.6. The molecule has 2 bridgehead atoms. The third-order valence-corrected chi connectivity index (χ3v) is 4.05. The highest BCUT2D eigenvalue weighted by molar-refractivity contribution is 5.31. The first-order valence-corrected chi connectivity index (χ1v) is 6.69. The monoisotopic (exact) mass is 264 g/mol. The van der Waals surface area contributed by atoms with Crippen molar-refractivity contribution in [1.82, 2.24) is 10.3 Å². The first kappa shape index (κ1) is 12.8. The van der Waals surface area contributed by atoms with Gasteiger partial charge in [0.25, 0.3) is 0 Å². The first-order valence-electron chi connectivity index (χ1n) is 6.69. The molecule has 2 unspecified atom stereocenters. The van der Waals surface area contributed by atoms with Gasteiger partial charge in [0.1, 0.15) is 0 Å². The summed E-state index contributed by atoms with van der Waals surface area (Å²) in [5.41, 5.74) is 0.933. The van der Waals surface area contributed by atoms with Gasteiger partial charge < -0.3 is 19.9 Å². The van der Waals surface area contributed by atoms with Crippen LogP contribution in [0.4, 0.5) is 0 Å². The predicted octanol–water partition coefficient (Wildman–Crippen LogP) is 0.737. The van der Waals surface area contributed by atoms with Crippen LogP contribution in [-0.4, -0.2) is 42.5 Å². The zero-order chi connectivity index (χ0) is 13.5. The molecule has 5 heteroatoms. The summed E-state index contributed by atoms with van der Waals surface area (Å²) in [6.07, 6.45) is 1.33. The van der Waals surface area contributed by atoms with Gasteiger partial charge in [-0.05, 0) is 25.8 Å². The van der Waals surface area contributed by atoms with Crippen LogP contribution in [0, 0.1) is 6.92 Å². The highest BCUT2D eigenvalue weighted by Crippen LogP contribution is 2.38. The van der Waals surface area contributed by atoms with Gasteiger partial charge in [-0.3, -0.25) is 0 Å². The van der Waals surface area contributed by atoms with E-state index in [1.807, 2.05) is 19.1 Å². The molecule has 2 atom stereocenters. The molecule has 2 fully saturated rings. The molecule has 2 aliphatic heterocycles. The van der Waals surface area contributed by atoms with Gasteiger partial charge in [-0.1, -0.05) is 0 Å². The molecular formula is C14H20N2O3. The molecule has 19 heavy (non-hydrogen) atoms. The Balaban J connectivity index is 1.91. The molecule has 5 nitrogen and oxygen atoms in total. The second-order valence-electron chi connectivity index (χ2n) is 5.52. The maximum absolute atomic E-state index is 11.0. The predicted molar refractivity (Wildman–Crippen MR) is 70.2 cm³/mol. The quantitative estimate of drug-likeness (QED) is 0.825. The number of hydrogen-bond acceptors (Lipinski definition) is 5. The van der Waals surface area contributed by atoms with Crippen LogP contribution >= 0.6 is 0 Å². The zero-order valence-corrected chi connectivity index (χ0v) is 11.3. The fourth-order valence-corrected chi connectivity index (χ4v) is 3.28. The first-order chi connectivity index (χ1) is 9.10. The Bertz CT molecular complexity index is 466. The Morgan fingerprint density at radius 2 is 2.05 bits per heavy atom. The highest BCUT2D eigenvalue weighted by Gasteiger charge is 2.43. The Kier molecular flexibility index (Phi) is 3.20. The summed E-state index contributed by atoms with van der Waals surface area (Å²) >= 11 is 0. The molecule has 0 aromatic carbocycles. The maximum Gasteiger partial charge on any atom is 0.213 e. The van der Waals surface area contributed by atoms with Gasteiger partial charge in [0, 0.05) is 29.4 Å². The van der Waals surface area contributed by atoms with Crippen LogP contribution < -0.4 is 10.1 Å². The van der Waals surface area contributed by atoms with Crippen molar-refractivity contribution in [3.63, 3.8) is 0 Å². The molecule has 0 radical (unpaired) electrons. The van der Waals surface area contributed by atoms with Crippen molar-refractivity contribution in [2.75, 3.05) is 20.3 Å². The van der Waals surface area contributed by atoms with E-state index in [-0.39, 0.29) is 12.1 Å². The van der Waals surface area contributed by atoms with Gasteiger partial charge in [-0.25, -0.2) is 4.98 Å². The van der Waals surface area contributed by atoms with E-state index in [1.165, 1.54) is 0 Å². The highest BCUT2D eigenvalue weighted by atomic mass is 16.5. The van der Waals surface area contributed by atoms with E-state index in [9.17, 15) is 5.11 Å². The van der Waals surface area contributed by atoms with Crippen LogP contribution in [-0.2, 0) is 10.3 Å². The lowest BCUT2D eigenvalue weighted by atomic mass is 9.77. The van der Waals surface area contributed by atoms with Gasteiger partial charge in [-0.2, -0.15) is 0 Å². The van der Waals surface area contributed by atoms with Crippen LogP contribution in [0.2, 0.25) is 0 Å². The molecule has 1 aromatic heterocycles. The number of hydrogen-bond donors (Lipinski definition) is 2. The summed E-state index contributed by atoms with van der Waals surface area (Å²) in [6.45, 7) is 3.26. The van der Waals surface area contributed by atoms with Crippen LogP contribution in [0.5, 0.6) is 5.88 Å². The molecule has 1 aromatic rings. The fourth-order valence-electron chi connectivity index (χ4n) is 3.28. The molecule has 0 amide bonds. The van der Waals surface area contributed by atoms with Crippen LogP contribution in [0.3, 0.4) is 0 Å². The van der Waals surface area contributed by atoms with Crippen molar-refractivity contribution < 1.29 is 14.6 Å². The lowest BCUT2D eigenvalue weighted by molar-refractivity contribution is -0.0807. The van der Waals surface area contributed by atoms with Gasteiger partial charge in [0.2, 0.25) is 5.88 Å².